The Balaban J connectivity index is 1.63. The van der Waals surface area contributed by atoms with E-state index in [2.05, 4.69) is 11.9 Å². The molecule has 1 N–H and O–H groups in total. The monoisotopic (exact) mass is 377 g/mol. The highest BCUT2D eigenvalue weighted by molar-refractivity contribution is 7.89. The van der Waals surface area contributed by atoms with Crippen molar-refractivity contribution >= 4 is 15.9 Å². The van der Waals surface area contributed by atoms with Crippen LogP contribution in [0.2, 0.25) is 0 Å². The summed E-state index contributed by atoms with van der Waals surface area (Å²) in [6.07, 6.45) is 4.75. The van der Waals surface area contributed by atoms with Crippen LogP contribution in [-0.4, -0.2) is 62.3 Å². The number of carbonyl (C=O) groups is 1. The standard InChI is InChI=1S/C19H27N3O3S/c1-3-9-20-19(23)15(2)21-10-12-22(13-11-21)26(24,25)18-8-7-16-5-4-6-17(16)14-18/h3,7-8,14-15H,1,4-6,9-13H2,2H3,(H,20,23). The molecule has 1 unspecified atom stereocenters. The fourth-order valence-electron chi connectivity index (χ4n) is 3.68. The van der Waals surface area contributed by atoms with E-state index < -0.39 is 10.0 Å². The highest BCUT2D eigenvalue weighted by atomic mass is 32.2. The van der Waals surface area contributed by atoms with E-state index >= 15 is 0 Å². The molecule has 1 aliphatic heterocycles. The molecule has 1 aromatic carbocycles. The van der Waals surface area contributed by atoms with Gasteiger partial charge in [-0.1, -0.05) is 12.1 Å². The molecule has 0 radical (unpaired) electrons. The number of aryl methyl sites for hydroxylation is 2. The summed E-state index contributed by atoms with van der Waals surface area (Å²) in [4.78, 5) is 14.5. The third kappa shape index (κ3) is 3.84. The van der Waals surface area contributed by atoms with Gasteiger partial charge in [0, 0.05) is 32.7 Å². The number of nitrogens with one attached hydrogen (secondary N) is 1. The average molecular weight is 378 g/mol. The van der Waals surface area contributed by atoms with Crippen LogP contribution in [0.3, 0.4) is 0 Å². The zero-order chi connectivity index (χ0) is 18.7. The summed E-state index contributed by atoms with van der Waals surface area (Å²) in [6.45, 7) is 7.78. The first-order valence-electron chi connectivity index (χ1n) is 9.18. The van der Waals surface area contributed by atoms with Gasteiger partial charge in [-0.15, -0.1) is 6.58 Å². The molecule has 0 saturated carbocycles. The molecule has 0 bridgehead atoms. The van der Waals surface area contributed by atoms with Gasteiger partial charge in [0.1, 0.15) is 0 Å². The molecule has 1 aromatic rings. The van der Waals surface area contributed by atoms with Gasteiger partial charge in [-0.2, -0.15) is 4.31 Å². The number of sulfonamides is 1. The molecule has 1 heterocycles. The Morgan fingerprint density at radius 3 is 2.62 bits per heavy atom. The second kappa shape index (κ2) is 7.90. The summed E-state index contributed by atoms with van der Waals surface area (Å²) in [6, 6.07) is 5.25. The van der Waals surface area contributed by atoms with E-state index in [1.54, 1.807) is 12.1 Å². The molecule has 1 saturated heterocycles. The van der Waals surface area contributed by atoms with Crippen molar-refractivity contribution in [2.24, 2.45) is 0 Å². The number of nitrogens with zero attached hydrogens (tertiary/aromatic N) is 2. The Labute approximate surface area is 155 Å². The molecule has 142 valence electrons. The maximum absolute atomic E-state index is 13.0. The van der Waals surface area contributed by atoms with Crippen LogP contribution in [0.25, 0.3) is 0 Å². The molecule has 6 nitrogen and oxygen atoms in total. The first-order chi connectivity index (χ1) is 12.4. The Morgan fingerprint density at radius 1 is 1.23 bits per heavy atom. The van der Waals surface area contributed by atoms with Gasteiger partial charge in [-0.05, 0) is 49.4 Å². The quantitative estimate of drug-likeness (QED) is 0.756. The van der Waals surface area contributed by atoms with Crippen molar-refractivity contribution in [2.75, 3.05) is 32.7 Å². The van der Waals surface area contributed by atoms with E-state index in [0.29, 0.717) is 37.6 Å². The van der Waals surface area contributed by atoms with Gasteiger partial charge in [0.05, 0.1) is 10.9 Å². The smallest absolute Gasteiger partial charge is 0.243 e. The van der Waals surface area contributed by atoms with Crippen molar-refractivity contribution in [1.82, 2.24) is 14.5 Å². The van der Waals surface area contributed by atoms with Gasteiger partial charge in [0.15, 0.2) is 0 Å². The zero-order valence-corrected chi connectivity index (χ0v) is 16.1. The molecule has 1 amide bonds. The van der Waals surface area contributed by atoms with Gasteiger partial charge >= 0.3 is 0 Å². The Hall–Kier alpha value is -1.70. The summed E-state index contributed by atoms with van der Waals surface area (Å²) in [7, 11) is -3.47. The van der Waals surface area contributed by atoms with E-state index in [9.17, 15) is 13.2 Å². The van der Waals surface area contributed by atoms with Crippen LogP contribution in [0.4, 0.5) is 0 Å². The molecule has 0 spiro atoms. The van der Waals surface area contributed by atoms with Crippen LogP contribution < -0.4 is 5.32 Å². The number of hydrogen-bond acceptors (Lipinski definition) is 4. The van der Waals surface area contributed by atoms with Crippen LogP contribution in [0.15, 0.2) is 35.7 Å². The van der Waals surface area contributed by atoms with Gasteiger partial charge < -0.3 is 5.32 Å². The Morgan fingerprint density at radius 2 is 1.92 bits per heavy atom. The average Bonchev–Trinajstić information content (AvgIpc) is 3.13. The second-order valence-corrected chi connectivity index (χ2v) is 8.87. The van der Waals surface area contributed by atoms with Gasteiger partial charge in [0.2, 0.25) is 15.9 Å². The minimum Gasteiger partial charge on any atom is -0.351 e. The van der Waals surface area contributed by atoms with Gasteiger partial charge in [0.25, 0.3) is 0 Å². The molecule has 3 rings (SSSR count). The van der Waals surface area contributed by atoms with Crippen molar-refractivity contribution in [1.29, 1.82) is 0 Å². The van der Waals surface area contributed by atoms with Crippen LogP contribution >= 0.6 is 0 Å². The number of carbonyl (C=O) groups excluding carboxylic acids is 1. The predicted octanol–water partition coefficient (Wildman–Crippen LogP) is 1.17. The molecule has 1 aliphatic carbocycles. The molecular weight excluding hydrogens is 350 g/mol. The number of hydrogen-bond donors (Lipinski definition) is 1. The molecule has 1 atom stereocenters. The molecule has 1 fully saturated rings. The lowest BCUT2D eigenvalue weighted by atomic mass is 10.1. The molecule has 2 aliphatic rings. The fourth-order valence-corrected chi connectivity index (χ4v) is 5.15. The third-order valence-electron chi connectivity index (χ3n) is 5.33. The lowest BCUT2D eigenvalue weighted by Gasteiger charge is -2.36. The molecule has 0 aromatic heterocycles. The van der Waals surface area contributed by atoms with Gasteiger partial charge in [-0.3, -0.25) is 9.69 Å². The van der Waals surface area contributed by atoms with E-state index in [1.807, 2.05) is 24.0 Å². The predicted molar refractivity (Wildman–Crippen MR) is 101 cm³/mol. The maximum Gasteiger partial charge on any atom is 0.243 e. The summed E-state index contributed by atoms with van der Waals surface area (Å²) in [5.41, 5.74) is 2.44. The second-order valence-electron chi connectivity index (χ2n) is 6.93. The number of benzene rings is 1. The van der Waals surface area contributed by atoms with Crippen LogP contribution in [0, 0.1) is 0 Å². The van der Waals surface area contributed by atoms with E-state index in [4.69, 9.17) is 0 Å². The van der Waals surface area contributed by atoms with Gasteiger partial charge in [-0.25, -0.2) is 8.42 Å². The number of amides is 1. The lowest BCUT2D eigenvalue weighted by Crippen LogP contribution is -2.54. The summed E-state index contributed by atoms with van der Waals surface area (Å²) >= 11 is 0. The SMILES string of the molecule is C=CCNC(=O)C(C)N1CCN(S(=O)(=O)c2ccc3c(c2)CCC3)CC1. The normalized spacial score (nSPS) is 19.7. The first-order valence-corrected chi connectivity index (χ1v) is 10.6. The number of fused-ring (bicyclic) bond motifs is 1. The minimum atomic E-state index is -3.47. The Kier molecular flexibility index (Phi) is 5.79. The lowest BCUT2D eigenvalue weighted by molar-refractivity contribution is -0.126. The Bertz CT molecular complexity index is 783. The molecular formula is C19H27N3O3S. The topological polar surface area (TPSA) is 69.7 Å². The summed E-state index contributed by atoms with van der Waals surface area (Å²) in [5.74, 6) is -0.0557. The van der Waals surface area contributed by atoms with Crippen molar-refractivity contribution in [3.05, 3.63) is 42.0 Å². The van der Waals surface area contributed by atoms with Crippen molar-refractivity contribution in [3.63, 3.8) is 0 Å². The van der Waals surface area contributed by atoms with Crippen molar-refractivity contribution < 1.29 is 13.2 Å². The van der Waals surface area contributed by atoms with Crippen molar-refractivity contribution in [2.45, 2.75) is 37.1 Å². The summed E-state index contributed by atoms with van der Waals surface area (Å²) < 4.78 is 27.4. The largest absolute Gasteiger partial charge is 0.351 e. The molecule has 7 heteroatoms. The molecule has 26 heavy (non-hydrogen) atoms. The highest BCUT2D eigenvalue weighted by Crippen LogP contribution is 2.26. The van der Waals surface area contributed by atoms with Crippen LogP contribution in [0.5, 0.6) is 0 Å². The maximum atomic E-state index is 13.0. The third-order valence-corrected chi connectivity index (χ3v) is 7.22. The van der Waals surface area contributed by atoms with E-state index in [0.717, 1.165) is 24.8 Å². The highest BCUT2D eigenvalue weighted by Gasteiger charge is 2.32. The van der Waals surface area contributed by atoms with Crippen molar-refractivity contribution in [3.8, 4) is 0 Å². The first kappa shape index (κ1) is 19.1. The van der Waals surface area contributed by atoms with E-state index in [1.165, 1.54) is 9.87 Å². The number of piperazine rings is 1. The van der Waals surface area contributed by atoms with Crippen LogP contribution in [0.1, 0.15) is 24.5 Å². The fraction of sp³-hybridized carbons (Fsp3) is 0.526. The zero-order valence-electron chi connectivity index (χ0n) is 15.3. The van der Waals surface area contributed by atoms with Crippen LogP contribution in [-0.2, 0) is 27.7 Å². The van der Waals surface area contributed by atoms with E-state index in [-0.39, 0.29) is 11.9 Å². The summed E-state index contributed by atoms with van der Waals surface area (Å²) in [5, 5.41) is 2.79. The number of rotatable bonds is 6. The minimum absolute atomic E-state index is 0.0557.